The van der Waals surface area contributed by atoms with Gasteiger partial charge in [0.1, 0.15) is 0 Å². The van der Waals surface area contributed by atoms with Gasteiger partial charge in [0, 0.05) is 55.9 Å². The number of nitrogens with two attached hydrogens (primary N) is 1. The summed E-state index contributed by atoms with van der Waals surface area (Å²) in [6.07, 6.45) is 0.859. The molecular weight excluding hydrogens is 378 g/mol. The van der Waals surface area contributed by atoms with Gasteiger partial charge in [-0.3, -0.25) is 15.0 Å². The number of thiazole rings is 1. The van der Waals surface area contributed by atoms with Crippen LogP contribution in [-0.4, -0.2) is 49.4 Å². The molecule has 1 fully saturated rings. The van der Waals surface area contributed by atoms with Crippen molar-refractivity contribution in [3.63, 3.8) is 0 Å². The number of rotatable bonds is 5. The minimum absolute atomic E-state index is 0.245. The average Bonchev–Trinajstić information content (AvgIpc) is 2.98. The van der Waals surface area contributed by atoms with E-state index >= 15 is 0 Å². The molecule has 0 radical (unpaired) electrons. The normalized spacial score (nSPS) is 16.4. The van der Waals surface area contributed by atoms with E-state index in [0.29, 0.717) is 18.8 Å². The number of anilines is 1. The number of sulfonamides is 1. The average molecular weight is 397 g/mol. The van der Waals surface area contributed by atoms with Gasteiger partial charge in [-0.05, 0) is 12.5 Å². The summed E-state index contributed by atoms with van der Waals surface area (Å²) in [7, 11) is -4.02. The Morgan fingerprint density at radius 1 is 1.23 bits per heavy atom. The van der Waals surface area contributed by atoms with Gasteiger partial charge >= 0.3 is 0 Å². The number of primary sulfonamides is 1. The second-order valence-corrected chi connectivity index (χ2v) is 8.36. The van der Waals surface area contributed by atoms with Gasteiger partial charge in [-0.1, -0.05) is 0 Å². The molecule has 1 saturated heterocycles. The van der Waals surface area contributed by atoms with Crippen LogP contribution in [-0.2, 0) is 16.6 Å². The molecule has 0 atom stereocenters. The molecule has 0 saturated carbocycles. The van der Waals surface area contributed by atoms with E-state index in [1.54, 1.807) is 16.8 Å². The molecular formula is C15H19N5O4S2. The van der Waals surface area contributed by atoms with Gasteiger partial charge < -0.3 is 4.90 Å². The molecule has 1 aliphatic heterocycles. The summed E-state index contributed by atoms with van der Waals surface area (Å²) in [5.74, 6) is 0. The Morgan fingerprint density at radius 2 is 2.04 bits per heavy atom. The Balaban J connectivity index is 1.80. The van der Waals surface area contributed by atoms with Crippen molar-refractivity contribution in [2.75, 3.05) is 31.1 Å². The van der Waals surface area contributed by atoms with Crippen LogP contribution in [0.1, 0.15) is 12.1 Å². The molecule has 0 aliphatic carbocycles. The number of nitro groups is 1. The Kier molecular flexibility index (Phi) is 5.51. The molecule has 1 aromatic carbocycles. The van der Waals surface area contributed by atoms with Crippen LogP contribution in [0.25, 0.3) is 0 Å². The van der Waals surface area contributed by atoms with E-state index in [0.717, 1.165) is 37.8 Å². The van der Waals surface area contributed by atoms with E-state index in [4.69, 9.17) is 5.14 Å². The maximum absolute atomic E-state index is 11.7. The van der Waals surface area contributed by atoms with Gasteiger partial charge in [-0.2, -0.15) is 0 Å². The molecule has 2 aromatic rings. The van der Waals surface area contributed by atoms with Crippen LogP contribution < -0.4 is 10.0 Å². The van der Waals surface area contributed by atoms with E-state index in [1.165, 1.54) is 12.1 Å². The van der Waals surface area contributed by atoms with Crippen molar-refractivity contribution >= 4 is 32.7 Å². The fourth-order valence-corrected chi connectivity index (χ4v) is 4.07. The zero-order chi connectivity index (χ0) is 18.7. The number of nitrogens with zero attached hydrogens (tertiary/aromatic N) is 4. The van der Waals surface area contributed by atoms with Gasteiger partial charge in [-0.25, -0.2) is 18.5 Å². The van der Waals surface area contributed by atoms with Gasteiger partial charge in [-0.15, -0.1) is 11.3 Å². The summed E-state index contributed by atoms with van der Waals surface area (Å²) in [4.78, 5) is 18.8. The summed E-state index contributed by atoms with van der Waals surface area (Å²) >= 11 is 1.56. The summed E-state index contributed by atoms with van der Waals surface area (Å²) in [5.41, 5.74) is 3.04. The lowest BCUT2D eigenvalue weighted by Gasteiger charge is -2.23. The molecule has 2 N–H and O–H groups in total. The molecule has 140 valence electrons. The third kappa shape index (κ3) is 4.55. The predicted octanol–water partition coefficient (Wildman–Crippen LogP) is 1.41. The first kappa shape index (κ1) is 18.7. The van der Waals surface area contributed by atoms with Gasteiger partial charge in [0.05, 0.1) is 21.0 Å². The smallest absolute Gasteiger partial charge is 0.272 e. The van der Waals surface area contributed by atoms with Crippen LogP contribution in [0.3, 0.4) is 0 Å². The van der Waals surface area contributed by atoms with E-state index in [9.17, 15) is 18.5 Å². The van der Waals surface area contributed by atoms with Crippen LogP contribution >= 0.6 is 11.3 Å². The number of non-ortho nitro benzene ring substituents is 1. The van der Waals surface area contributed by atoms with Crippen molar-refractivity contribution in [3.8, 4) is 0 Å². The van der Waals surface area contributed by atoms with Crippen molar-refractivity contribution in [2.45, 2.75) is 17.9 Å². The molecule has 0 spiro atoms. The Hall–Kier alpha value is -2.08. The van der Waals surface area contributed by atoms with Gasteiger partial charge in [0.25, 0.3) is 5.69 Å². The zero-order valence-electron chi connectivity index (χ0n) is 13.9. The second kappa shape index (κ2) is 7.66. The zero-order valence-corrected chi connectivity index (χ0v) is 15.6. The number of hydrogen-bond donors (Lipinski definition) is 1. The van der Waals surface area contributed by atoms with Crippen LogP contribution in [0.15, 0.2) is 34.0 Å². The number of benzene rings is 1. The molecule has 0 unspecified atom stereocenters. The van der Waals surface area contributed by atoms with E-state index < -0.39 is 14.9 Å². The molecule has 1 aliphatic rings. The number of nitro benzene ring substituents is 1. The van der Waals surface area contributed by atoms with Gasteiger partial charge in [0.15, 0.2) is 0 Å². The minimum atomic E-state index is -4.02. The molecule has 0 amide bonds. The van der Waals surface area contributed by atoms with Crippen molar-refractivity contribution in [2.24, 2.45) is 5.14 Å². The minimum Gasteiger partial charge on any atom is -0.370 e. The Labute approximate surface area is 155 Å². The molecule has 1 aromatic heterocycles. The first-order chi connectivity index (χ1) is 12.3. The highest BCUT2D eigenvalue weighted by atomic mass is 32.2. The molecule has 3 rings (SSSR count). The van der Waals surface area contributed by atoms with Crippen molar-refractivity contribution in [3.05, 3.63) is 44.9 Å². The molecule has 9 nitrogen and oxygen atoms in total. The van der Waals surface area contributed by atoms with Gasteiger partial charge in [0.2, 0.25) is 10.0 Å². The Bertz CT molecular complexity index is 885. The SMILES string of the molecule is NS(=O)(=O)c1cc(N2CCCN(Cc3cscn3)CC2)cc([N+](=O)[O-])c1. The monoisotopic (exact) mass is 397 g/mol. The highest BCUT2D eigenvalue weighted by Crippen LogP contribution is 2.27. The molecule has 2 heterocycles. The third-order valence-electron chi connectivity index (χ3n) is 4.24. The first-order valence-corrected chi connectivity index (χ1v) is 10.5. The van der Waals surface area contributed by atoms with E-state index in [-0.39, 0.29) is 10.6 Å². The standard InChI is InChI=1S/C15H19N5O4S2/c16-26(23,24)15-7-13(6-14(8-15)20(21)22)19-3-1-2-18(4-5-19)9-12-10-25-11-17-12/h6-8,10-11H,1-5,9H2,(H2,16,23,24). The summed E-state index contributed by atoms with van der Waals surface area (Å²) in [6.45, 7) is 3.71. The lowest BCUT2D eigenvalue weighted by molar-refractivity contribution is -0.385. The van der Waals surface area contributed by atoms with Crippen LogP contribution in [0, 0.1) is 10.1 Å². The second-order valence-electron chi connectivity index (χ2n) is 6.08. The van der Waals surface area contributed by atoms with E-state index in [1.807, 2.05) is 10.3 Å². The maximum atomic E-state index is 11.7. The predicted molar refractivity (Wildman–Crippen MR) is 98.7 cm³/mol. The van der Waals surface area contributed by atoms with E-state index in [2.05, 4.69) is 9.88 Å². The van der Waals surface area contributed by atoms with Crippen molar-refractivity contribution in [1.29, 1.82) is 0 Å². The van der Waals surface area contributed by atoms with Crippen molar-refractivity contribution in [1.82, 2.24) is 9.88 Å². The first-order valence-electron chi connectivity index (χ1n) is 7.99. The van der Waals surface area contributed by atoms with Crippen LogP contribution in [0.5, 0.6) is 0 Å². The summed E-state index contributed by atoms with van der Waals surface area (Å²) < 4.78 is 23.3. The van der Waals surface area contributed by atoms with Crippen LogP contribution in [0.2, 0.25) is 0 Å². The number of aromatic nitrogens is 1. The highest BCUT2D eigenvalue weighted by molar-refractivity contribution is 7.89. The fraction of sp³-hybridized carbons (Fsp3) is 0.400. The Morgan fingerprint density at radius 3 is 2.69 bits per heavy atom. The summed E-state index contributed by atoms with van der Waals surface area (Å²) in [6, 6.07) is 3.79. The number of hydrogen-bond acceptors (Lipinski definition) is 8. The summed E-state index contributed by atoms with van der Waals surface area (Å²) in [5, 5.41) is 18.3. The highest BCUT2D eigenvalue weighted by Gasteiger charge is 2.21. The molecule has 26 heavy (non-hydrogen) atoms. The third-order valence-corrected chi connectivity index (χ3v) is 5.77. The molecule has 11 heteroatoms. The fourth-order valence-electron chi connectivity index (χ4n) is 2.95. The quantitative estimate of drug-likeness (QED) is 0.598. The van der Waals surface area contributed by atoms with Crippen molar-refractivity contribution < 1.29 is 13.3 Å². The largest absolute Gasteiger partial charge is 0.370 e. The maximum Gasteiger partial charge on any atom is 0.272 e. The molecule has 0 bridgehead atoms. The van der Waals surface area contributed by atoms with Crippen LogP contribution in [0.4, 0.5) is 11.4 Å². The lowest BCUT2D eigenvalue weighted by atomic mass is 10.2. The topological polar surface area (TPSA) is 123 Å². The lowest BCUT2D eigenvalue weighted by Crippen LogP contribution is -2.30.